The molecule has 0 radical (unpaired) electrons. The third kappa shape index (κ3) is 1.45. The van der Waals surface area contributed by atoms with Crippen LogP contribution in [0.1, 0.15) is 53.3 Å². The summed E-state index contributed by atoms with van der Waals surface area (Å²) in [5, 5.41) is 0. The first-order chi connectivity index (χ1) is 9.68. The monoisotopic (exact) mass is 266 g/mol. The van der Waals surface area contributed by atoms with Crippen molar-refractivity contribution in [3.05, 3.63) is 46.5 Å². The normalized spacial score (nSPS) is 31.9. The molecular formula is C18H18O2. The van der Waals surface area contributed by atoms with Crippen molar-refractivity contribution >= 4 is 11.6 Å². The number of benzene rings is 1. The summed E-state index contributed by atoms with van der Waals surface area (Å²) in [5.41, 5.74) is 4.08. The molecule has 102 valence electrons. The molecule has 3 atom stereocenters. The molecule has 1 aromatic carbocycles. The van der Waals surface area contributed by atoms with Crippen molar-refractivity contribution in [2.45, 2.75) is 32.6 Å². The smallest absolute Gasteiger partial charge is 0.171 e. The van der Waals surface area contributed by atoms with E-state index in [-0.39, 0.29) is 23.4 Å². The fraction of sp³-hybridized carbons (Fsp3) is 0.444. The Labute approximate surface area is 118 Å². The molecule has 4 rings (SSSR count). The Morgan fingerprint density at radius 1 is 0.950 bits per heavy atom. The molecule has 3 aliphatic carbocycles. The minimum atomic E-state index is -0.147. The van der Waals surface area contributed by atoms with E-state index in [1.165, 1.54) is 11.1 Å². The van der Waals surface area contributed by atoms with Crippen LogP contribution in [-0.2, 0) is 0 Å². The van der Waals surface area contributed by atoms with Gasteiger partial charge in [0.05, 0.1) is 5.92 Å². The van der Waals surface area contributed by atoms with Gasteiger partial charge in [-0.1, -0.05) is 42.3 Å². The SMILES string of the molecule is CC1C[C@@H]2C(=O)c3ccccc3C(=O)[C@@H]2C2=C1CCC2. The van der Waals surface area contributed by atoms with Crippen molar-refractivity contribution in [1.82, 2.24) is 0 Å². The van der Waals surface area contributed by atoms with Gasteiger partial charge in [0.15, 0.2) is 11.6 Å². The second-order valence-electron chi connectivity index (χ2n) is 6.40. The second kappa shape index (κ2) is 4.15. The molecule has 2 heteroatoms. The number of carbonyl (C=O) groups excluding carboxylic acids is 2. The summed E-state index contributed by atoms with van der Waals surface area (Å²) in [6.45, 7) is 2.22. The van der Waals surface area contributed by atoms with Gasteiger partial charge in [0.1, 0.15) is 0 Å². The maximum Gasteiger partial charge on any atom is 0.171 e. The zero-order valence-corrected chi connectivity index (χ0v) is 11.7. The number of carbonyl (C=O) groups is 2. The van der Waals surface area contributed by atoms with Crippen molar-refractivity contribution in [1.29, 1.82) is 0 Å². The molecule has 0 fully saturated rings. The number of hydrogen-bond donors (Lipinski definition) is 0. The van der Waals surface area contributed by atoms with Crippen LogP contribution < -0.4 is 0 Å². The van der Waals surface area contributed by atoms with E-state index < -0.39 is 0 Å². The first kappa shape index (κ1) is 12.1. The first-order valence-corrected chi connectivity index (χ1v) is 7.57. The minimum absolute atomic E-state index is 0.107. The van der Waals surface area contributed by atoms with E-state index in [0.717, 1.165) is 25.7 Å². The van der Waals surface area contributed by atoms with Crippen LogP contribution in [0.4, 0.5) is 0 Å². The summed E-state index contributed by atoms with van der Waals surface area (Å²) in [7, 11) is 0. The largest absolute Gasteiger partial charge is 0.294 e. The molecule has 0 bridgehead atoms. The van der Waals surface area contributed by atoms with Crippen LogP contribution in [0.15, 0.2) is 35.4 Å². The van der Waals surface area contributed by atoms with Crippen LogP contribution in [0.5, 0.6) is 0 Å². The Bertz CT molecular complexity index is 653. The molecule has 0 saturated carbocycles. The van der Waals surface area contributed by atoms with Crippen molar-refractivity contribution < 1.29 is 9.59 Å². The van der Waals surface area contributed by atoms with Crippen LogP contribution in [-0.4, -0.2) is 11.6 Å². The third-order valence-corrected chi connectivity index (χ3v) is 5.36. The highest BCUT2D eigenvalue weighted by molar-refractivity contribution is 6.17. The summed E-state index contributed by atoms with van der Waals surface area (Å²) >= 11 is 0. The van der Waals surface area contributed by atoms with Crippen LogP contribution in [0, 0.1) is 17.8 Å². The number of allylic oxidation sites excluding steroid dienone is 2. The Hall–Kier alpha value is -1.70. The van der Waals surface area contributed by atoms with E-state index in [4.69, 9.17) is 0 Å². The number of ketones is 2. The van der Waals surface area contributed by atoms with Crippen LogP contribution >= 0.6 is 0 Å². The highest BCUT2D eigenvalue weighted by Gasteiger charge is 2.47. The Kier molecular flexibility index (Phi) is 2.50. The molecule has 0 amide bonds. The highest BCUT2D eigenvalue weighted by atomic mass is 16.1. The van der Waals surface area contributed by atoms with E-state index in [2.05, 4.69) is 6.92 Å². The predicted octanol–water partition coefficient (Wildman–Crippen LogP) is 3.82. The molecule has 0 heterocycles. The van der Waals surface area contributed by atoms with E-state index in [9.17, 15) is 9.59 Å². The second-order valence-corrected chi connectivity index (χ2v) is 6.40. The van der Waals surface area contributed by atoms with E-state index in [1.54, 1.807) is 0 Å². The molecule has 0 saturated heterocycles. The number of rotatable bonds is 0. The van der Waals surface area contributed by atoms with Gasteiger partial charge in [-0.05, 0) is 31.6 Å². The lowest BCUT2D eigenvalue weighted by atomic mass is 9.63. The van der Waals surface area contributed by atoms with Gasteiger partial charge < -0.3 is 0 Å². The van der Waals surface area contributed by atoms with Gasteiger partial charge >= 0.3 is 0 Å². The quantitative estimate of drug-likeness (QED) is 0.669. The number of Topliss-reactive ketones (excluding diaryl/α,β-unsaturated/α-hetero) is 2. The van der Waals surface area contributed by atoms with Gasteiger partial charge in [0.25, 0.3) is 0 Å². The van der Waals surface area contributed by atoms with E-state index >= 15 is 0 Å². The third-order valence-electron chi connectivity index (χ3n) is 5.36. The van der Waals surface area contributed by atoms with Crippen molar-refractivity contribution in [3.8, 4) is 0 Å². The Morgan fingerprint density at radius 3 is 2.35 bits per heavy atom. The summed E-state index contributed by atoms with van der Waals surface area (Å²) in [6, 6.07) is 7.35. The minimum Gasteiger partial charge on any atom is -0.294 e. The van der Waals surface area contributed by atoms with Crippen molar-refractivity contribution in [2.75, 3.05) is 0 Å². The zero-order chi connectivity index (χ0) is 13.9. The average Bonchev–Trinajstić information content (AvgIpc) is 2.94. The summed E-state index contributed by atoms with van der Waals surface area (Å²) in [6.07, 6.45) is 4.15. The standard InChI is InChI=1S/C18H18O2/c1-10-9-15-16(12-8-4-7-11(10)12)18(20)14-6-3-2-5-13(14)17(15)19/h2-3,5-6,10,15-16H,4,7-9H2,1H3/t10?,15-,16+/m0/s1. The number of fused-ring (bicyclic) bond motifs is 3. The van der Waals surface area contributed by atoms with E-state index in [1.807, 2.05) is 24.3 Å². The molecule has 0 N–H and O–H groups in total. The van der Waals surface area contributed by atoms with Gasteiger partial charge in [-0.3, -0.25) is 9.59 Å². The molecule has 2 nitrogen and oxygen atoms in total. The summed E-state index contributed by atoms with van der Waals surface area (Å²) < 4.78 is 0. The van der Waals surface area contributed by atoms with Gasteiger partial charge in [-0.15, -0.1) is 0 Å². The summed E-state index contributed by atoms with van der Waals surface area (Å²) in [4.78, 5) is 25.6. The van der Waals surface area contributed by atoms with Crippen LogP contribution in [0.3, 0.4) is 0 Å². The Balaban J connectivity index is 1.90. The zero-order valence-electron chi connectivity index (χ0n) is 11.7. The van der Waals surface area contributed by atoms with Gasteiger partial charge in [-0.2, -0.15) is 0 Å². The molecule has 0 spiro atoms. The molecular weight excluding hydrogens is 248 g/mol. The maximum atomic E-state index is 12.9. The van der Waals surface area contributed by atoms with Crippen molar-refractivity contribution in [2.24, 2.45) is 17.8 Å². The molecule has 3 aliphatic rings. The molecule has 1 unspecified atom stereocenters. The first-order valence-electron chi connectivity index (χ1n) is 7.57. The van der Waals surface area contributed by atoms with Gasteiger partial charge in [-0.25, -0.2) is 0 Å². The molecule has 20 heavy (non-hydrogen) atoms. The molecule has 0 aromatic heterocycles. The molecule has 0 aliphatic heterocycles. The summed E-state index contributed by atoms with van der Waals surface area (Å²) in [5.74, 6) is 0.591. The fourth-order valence-electron chi connectivity index (χ4n) is 4.49. The number of hydrogen-bond acceptors (Lipinski definition) is 2. The predicted molar refractivity (Wildman–Crippen MR) is 76.7 cm³/mol. The maximum absolute atomic E-state index is 12.9. The fourth-order valence-corrected chi connectivity index (χ4v) is 4.49. The van der Waals surface area contributed by atoms with Crippen LogP contribution in [0.2, 0.25) is 0 Å². The van der Waals surface area contributed by atoms with Gasteiger partial charge in [0, 0.05) is 17.0 Å². The van der Waals surface area contributed by atoms with Crippen molar-refractivity contribution in [3.63, 3.8) is 0 Å². The highest BCUT2D eigenvalue weighted by Crippen LogP contribution is 2.50. The Morgan fingerprint density at radius 2 is 1.60 bits per heavy atom. The topological polar surface area (TPSA) is 34.1 Å². The van der Waals surface area contributed by atoms with Gasteiger partial charge in [0.2, 0.25) is 0 Å². The lowest BCUT2D eigenvalue weighted by Crippen LogP contribution is -2.41. The van der Waals surface area contributed by atoms with E-state index in [0.29, 0.717) is 17.0 Å². The van der Waals surface area contributed by atoms with Crippen LogP contribution in [0.25, 0.3) is 0 Å². The lowest BCUT2D eigenvalue weighted by molar-refractivity contribution is 0.0727. The average molecular weight is 266 g/mol. The molecule has 1 aromatic rings. The lowest BCUT2D eigenvalue weighted by Gasteiger charge is -2.38.